The van der Waals surface area contributed by atoms with E-state index in [0.717, 1.165) is 6.07 Å². The van der Waals surface area contributed by atoms with Crippen molar-refractivity contribution in [3.05, 3.63) is 76.6 Å². The van der Waals surface area contributed by atoms with Crippen LogP contribution in [-0.4, -0.2) is 23.5 Å². The van der Waals surface area contributed by atoms with E-state index in [-0.39, 0.29) is 22.7 Å². The average molecular weight is 370 g/mol. The monoisotopic (exact) mass is 369 g/mol. The van der Waals surface area contributed by atoms with Crippen LogP contribution in [0.5, 0.6) is 0 Å². The summed E-state index contributed by atoms with van der Waals surface area (Å²) in [6, 6.07) is 11.2. The molecule has 0 bridgehead atoms. The van der Waals surface area contributed by atoms with Crippen molar-refractivity contribution < 1.29 is 22.4 Å². The summed E-state index contributed by atoms with van der Waals surface area (Å²) in [4.78, 5) is 12.5. The average Bonchev–Trinajstić information content (AvgIpc) is 3.01. The smallest absolute Gasteiger partial charge is 0.320 e. The number of amides is 1. The number of carbonyl (C=O) groups is 1. The lowest BCUT2D eigenvalue weighted by molar-refractivity contribution is -0.185. The minimum atomic E-state index is -5.01. The van der Waals surface area contributed by atoms with Crippen molar-refractivity contribution in [3.63, 3.8) is 0 Å². The van der Waals surface area contributed by atoms with Gasteiger partial charge in [-0.2, -0.15) is 13.2 Å². The van der Waals surface area contributed by atoms with Gasteiger partial charge in [0.15, 0.2) is 0 Å². The molecule has 0 spiro atoms. The zero-order valence-corrected chi connectivity index (χ0v) is 13.5. The van der Waals surface area contributed by atoms with Gasteiger partial charge in [0, 0.05) is 17.1 Å². The SMILES string of the molecule is O=C(N1CC(c2cc(Cl)ccc2F)=CC1c1ccccc1)C(F)(F)F. The van der Waals surface area contributed by atoms with Crippen molar-refractivity contribution in [2.24, 2.45) is 0 Å². The molecular formula is C18H12ClF4NO. The Morgan fingerprint density at radius 3 is 2.44 bits per heavy atom. The predicted octanol–water partition coefficient (Wildman–Crippen LogP) is 5.01. The third kappa shape index (κ3) is 3.54. The number of hydrogen-bond acceptors (Lipinski definition) is 1. The van der Waals surface area contributed by atoms with Crippen LogP contribution in [0.25, 0.3) is 5.57 Å². The van der Waals surface area contributed by atoms with Gasteiger partial charge in [-0.1, -0.05) is 48.0 Å². The van der Waals surface area contributed by atoms with Gasteiger partial charge in [-0.25, -0.2) is 4.39 Å². The van der Waals surface area contributed by atoms with Crippen molar-refractivity contribution in [3.8, 4) is 0 Å². The molecule has 1 unspecified atom stereocenters. The van der Waals surface area contributed by atoms with Crippen molar-refractivity contribution >= 4 is 23.1 Å². The van der Waals surface area contributed by atoms with Crippen LogP contribution >= 0.6 is 11.6 Å². The minimum Gasteiger partial charge on any atom is -0.320 e. The van der Waals surface area contributed by atoms with Crippen LogP contribution in [0.2, 0.25) is 5.02 Å². The summed E-state index contributed by atoms with van der Waals surface area (Å²) in [5.41, 5.74) is 0.884. The van der Waals surface area contributed by atoms with Crippen molar-refractivity contribution in [2.45, 2.75) is 12.2 Å². The molecule has 1 aliphatic heterocycles. The first-order valence-electron chi connectivity index (χ1n) is 7.36. The van der Waals surface area contributed by atoms with Gasteiger partial charge in [-0.15, -0.1) is 0 Å². The molecule has 0 saturated heterocycles. The zero-order valence-electron chi connectivity index (χ0n) is 12.7. The molecule has 1 aliphatic rings. The van der Waals surface area contributed by atoms with E-state index in [1.807, 2.05) is 0 Å². The lowest BCUT2D eigenvalue weighted by Crippen LogP contribution is -2.41. The van der Waals surface area contributed by atoms with Crippen LogP contribution < -0.4 is 0 Å². The first-order chi connectivity index (χ1) is 11.8. The third-order valence-electron chi connectivity index (χ3n) is 3.95. The summed E-state index contributed by atoms with van der Waals surface area (Å²) >= 11 is 5.87. The van der Waals surface area contributed by atoms with Crippen LogP contribution in [0.15, 0.2) is 54.6 Å². The van der Waals surface area contributed by atoms with E-state index in [1.54, 1.807) is 30.3 Å². The van der Waals surface area contributed by atoms with E-state index in [0.29, 0.717) is 10.5 Å². The van der Waals surface area contributed by atoms with Crippen molar-refractivity contribution in [1.82, 2.24) is 4.90 Å². The Kier molecular flexibility index (Phi) is 4.56. The van der Waals surface area contributed by atoms with E-state index < -0.39 is 23.9 Å². The molecule has 0 aromatic heterocycles. The third-order valence-corrected chi connectivity index (χ3v) is 4.19. The minimum absolute atomic E-state index is 0.0888. The predicted molar refractivity (Wildman–Crippen MR) is 86.3 cm³/mol. The second-order valence-electron chi connectivity index (χ2n) is 5.60. The maximum Gasteiger partial charge on any atom is 0.471 e. The molecule has 2 aromatic rings. The quantitative estimate of drug-likeness (QED) is 0.681. The van der Waals surface area contributed by atoms with Crippen LogP contribution in [0.4, 0.5) is 17.6 Å². The Hall–Kier alpha value is -2.34. The largest absolute Gasteiger partial charge is 0.471 e. The number of carbonyl (C=O) groups excluding carboxylic acids is 1. The molecular weight excluding hydrogens is 358 g/mol. The molecule has 130 valence electrons. The van der Waals surface area contributed by atoms with E-state index in [9.17, 15) is 22.4 Å². The normalized spacial score (nSPS) is 17.6. The second-order valence-corrected chi connectivity index (χ2v) is 6.04. The highest BCUT2D eigenvalue weighted by molar-refractivity contribution is 6.30. The fourth-order valence-corrected chi connectivity index (χ4v) is 2.99. The van der Waals surface area contributed by atoms with E-state index in [1.165, 1.54) is 18.2 Å². The van der Waals surface area contributed by atoms with Gasteiger partial charge in [0.2, 0.25) is 0 Å². The number of alkyl halides is 3. The van der Waals surface area contributed by atoms with Gasteiger partial charge in [0.1, 0.15) is 5.82 Å². The molecule has 0 aliphatic carbocycles. The number of benzene rings is 2. The molecule has 0 N–H and O–H groups in total. The van der Waals surface area contributed by atoms with E-state index in [4.69, 9.17) is 11.6 Å². The summed E-state index contributed by atoms with van der Waals surface area (Å²) < 4.78 is 52.9. The summed E-state index contributed by atoms with van der Waals surface area (Å²) in [7, 11) is 0. The molecule has 0 radical (unpaired) electrons. The molecule has 2 aromatic carbocycles. The number of rotatable bonds is 2. The van der Waals surface area contributed by atoms with E-state index in [2.05, 4.69) is 0 Å². The molecule has 2 nitrogen and oxygen atoms in total. The Labute approximate surface area is 146 Å². The molecule has 1 heterocycles. The number of halogens is 5. The Bertz CT molecular complexity index is 833. The lowest BCUT2D eigenvalue weighted by Gasteiger charge is -2.26. The van der Waals surface area contributed by atoms with Crippen LogP contribution in [0.3, 0.4) is 0 Å². The van der Waals surface area contributed by atoms with Gasteiger partial charge >= 0.3 is 12.1 Å². The maximum absolute atomic E-state index is 14.1. The number of nitrogens with zero attached hydrogens (tertiary/aromatic N) is 1. The van der Waals surface area contributed by atoms with Crippen LogP contribution in [0, 0.1) is 5.82 Å². The van der Waals surface area contributed by atoms with E-state index >= 15 is 0 Å². The first-order valence-corrected chi connectivity index (χ1v) is 7.74. The fraction of sp³-hybridized carbons (Fsp3) is 0.167. The highest BCUT2D eigenvalue weighted by Gasteiger charge is 2.46. The fourth-order valence-electron chi connectivity index (χ4n) is 2.82. The molecule has 0 fully saturated rings. The Morgan fingerprint density at radius 1 is 1.12 bits per heavy atom. The van der Waals surface area contributed by atoms with Gasteiger partial charge in [-0.05, 0) is 29.3 Å². The molecule has 1 atom stereocenters. The molecule has 25 heavy (non-hydrogen) atoms. The zero-order chi connectivity index (χ0) is 18.2. The maximum atomic E-state index is 14.1. The molecule has 7 heteroatoms. The standard InChI is InChI=1S/C18H12ClF4NO/c19-13-6-7-15(20)14(9-13)12-8-16(11-4-2-1-3-5-11)24(10-12)17(25)18(21,22)23/h1-9,16H,10H2. The molecule has 3 rings (SSSR count). The van der Waals surface area contributed by atoms with Crippen LogP contribution in [-0.2, 0) is 4.79 Å². The lowest BCUT2D eigenvalue weighted by atomic mass is 10.0. The highest BCUT2D eigenvalue weighted by atomic mass is 35.5. The van der Waals surface area contributed by atoms with Crippen molar-refractivity contribution in [1.29, 1.82) is 0 Å². The van der Waals surface area contributed by atoms with Gasteiger partial charge in [-0.3, -0.25) is 4.79 Å². The Balaban J connectivity index is 2.05. The highest BCUT2D eigenvalue weighted by Crippen LogP contribution is 2.38. The number of hydrogen-bond donors (Lipinski definition) is 0. The van der Waals surface area contributed by atoms with Gasteiger partial charge in [0.25, 0.3) is 0 Å². The molecule has 1 amide bonds. The molecule has 0 saturated carbocycles. The summed E-state index contributed by atoms with van der Waals surface area (Å²) in [5.74, 6) is -2.57. The topological polar surface area (TPSA) is 20.3 Å². The summed E-state index contributed by atoms with van der Waals surface area (Å²) in [6.45, 7) is -0.352. The first kappa shape index (κ1) is 17.5. The Morgan fingerprint density at radius 2 is 1.80 bits per heavy atom. The second kappa shape index (κ2) is 6.52. The van der Waals surface area contributed by atoms with Crippen LogP contribution in [0.1, 0.15) is 17.2 Å². The van der Waals surface area contributed by atoms with Gasteiger partial charge in [0.05, 0.1) is 6.04 Å². The van der Waals surface area contributed by atoms with Crippen molar-refractivity contribution in [2.75, 3.05) is 6.54 Å². The summed E-state index contributed by atoms with van der Waals surface area (Å²) in [5, 5.41) is 0.258. The van der Waals surface area contributed by atoms with Gasteiger partial charge < -0.3 is 4.90 Å². The summed E-state index contributed by atoms with van der Waals surface area (Å²) in [6.07, 6.45) is -3.54.